The molecule has 4 rings (SSSR count). The van der Waals surface area contributed by atoms with Crippen LogP contribution in [0.5, 0.6) is 0 Å². The Morgan fingerprint density at radius 3 is 2.52 bits per heavy atom. The molecule has 0 spiro atoms. The van der Waals surface area contributed by atoms with Crippen LogP contribution in [0.4, 0.5) is 21.7 Å². The number of imidazole rings is 1. The van der Waals surface area contributed by atoms with Crippen molar-refractivity contribution in [3.8, 4) is 0 Å². The molecule has 0 amide bonds. The summed E-state index contributed by atoms with van der Waals surface area (Å²) < 4.78 is 40.4. The Morgan fingerprint density at radius 1 is 1.12 bits per heavy atom. The summed E-state index contributed by atoms with van der Waals surface area (Å²) in [5.74, 6) is 0.750. The van der Waals surface area contributed by atoms with Crippen molar-refractivity contribution >= 4 is 38.2 Å². The van der Waals surface area contributed by atoms with Gasteiger partial charge in [-0.2, -0.15) is 0 Å². The molecule has 4 aromatic rings. The lowest BCUT2D eigenvalue weighted by Gasteiger charge is -2.20. The van der Waals surface area contributed by atoms with E-state index in [1.165, 1.54) is 18.5 Å². The molecule has 5 N–H and O–H groups in total. The number of benzene rings is 2. The summed E-state index contributed by atoms with van der Waals surface area (Å²) in [5, 5.41) is 3.26. The van der Waals surface area contributed by atoms with Crippen LogP contribution in [0.2, 0.25) is 0 Å². The Kier molecular flexibility index (Phi) is 5.90. The second-order valence-electron chi connectivity index (χ2n) is 7.71. The Morgan fingerprint density at radius 2 is 1.85 bits per heavy atom. The van der Waals surface area contributed by atoms with E-state index in [4.69, 9.17) is 16.5 Å². The van der Waals surface area contributed by atoms with Crippen LogP contribution in [0.25, 0.3) is 11.0 Å². The van der Waals surface area contributed by atoms with Crippen molar-refractivity contribution < 1.29 is 12.8 Å². The van der Waals surface area contributed by atoms with Crippen molar-refractivity contribution in [2.75, 3.05) is 23.0 Å². The predicted molar refractivity (Wildman–Crippen MR) is 126 cm³/mol. The second-order valence-corrected chi connectivity index (χ2v) is 9.69. The van der Waals surface area contributed by atoms with Crippen LogP contribution in [0.15, 0.2) is 53.7 Å². The minimum absolute atomic E-state index is 0.154. The predicted octanol–water partition coefficient (Wildman–Crippen LogP) is 3.14. The van der Waals surface area contributed by atoms with Gasteiger partial charge in [0.25, 0.3) is 0 Å². The van der Waals surface area contributed by atoms with Gasteiger partial charge < -0.3 is 21.4 Å². The summed E-state index contributed by atoms with van der Waals surface area (Å²) >= 11 is 0. The Labute approximate surface area is 190 Å². The summed E-state index contributed by atoms with van der Waals surface area (Å²) in [7, 11) is -3.54. The maximum absolute atomic E-state index is 13.5. The summed E-state index contributed by atoms with van der Waals surface area (Å²) in [6.45, 7) is 2.25. The molecule has 11 heteroatoms. The van der Waals surface area contributed by atoms with Gasteiger partial charge in [-0.05, 0) is 36.2 Å². The van der Waals surface area contributed by atoms with E-state index in [-0.39, 0.29) is 34.8 Å². The zero-order valence-electron chi connectivity index (χ0n) is 18.2. The molecule has 33 heavy (non-hydrogen) atoms. The Bertz CT molecular complexity index is 1420. The molecule has 1 atom stereocenters. The summed E-state index contributed by atoms with van der Waals surface area (Å²) in [6.07, 6.45) is 3.06. The number of nitrogens with two attached hydrogens (primary N) is 2. The third-order valence-electron chi connectivity index (χ3n) is 5.36. The Balaban J connectivity index is 1.90. The fourth-order valence-electron chi connectivity index (χ4n) is 3.71. The summed E-state index contributed by atoms with van der Waals surface area (Å²) in [4.78, 5) is 13.0. The molecule has 0 unspecified atom stereocenters. The first kappa shape index (κ1) is 22.5. The highest BCUT2D eigenvalue weighted by Gasteiger charge is 2.24. The molecule has 0 saturated carbocycles. The van der Waals surface area contributed by atoms with Gasteiger partial charge in [0.2, 0.25) is 0 Å². The zero-order chi connectivity index (χ0) is 23.8. The number of nitrogen functional groups attached to an aromatic ring is 2. The van der Waals surface area contributed by atoms with Crippen molar-refractivity contribution in [2.45, 2.75) is 30.8 Å². The fourth-order valence-corrected chi connectivity index (χ4v) is 4.60. The van der Waals surface area contributed by atoms with Crippen LogP contribution >= 0.6 is 0 Å². The molecule has 0 saturated heterocycles. The lowest BCUT2D eigenvalue weighted by Crippen LogP contribution is -2.19. The number of fused-ring (bicyclic) bond motifs is 1. The largest absolute Gasteiger partial charge is 0.393 e. The van der Waals surface area contributed by atoms with Crippen molar-refractivity contribution in [3.63, 3.8) is 0 Å². The van der Waals surface area contributed by atoms with Gasteiger partial charge in [-0.15, -0.1) is 0 Å². The molecule has 9 nitrogen and oxygen atoms in total. The van der Waals surface area contributed by atoms with Crippen LogP contribution in [-0.4, -0.2) is 34.2 Å². The molecule has 0 aliphatic heterocycles. The monoisotopic (exact) mass is 469 g/mol. The topological polar surface area (TPSA) is 142 Å². The first-order chi connectivity index (χ1) is 15.7. The van der Waals surface area contributed by atoms with Gasteiger partial charge >= 0.3 is 0 Å². The number of rotatable bonds is 7. The molecule has 0 bridgehead atoms. The standard InChI is InChI=1S/C22H24FN7O2S/c1-3-15(28-21-18(24)20(25)26-12-27-21)22-29-16-5-4-6-17(33(2,31)32)19(16)30(22)11-13-7-9-14(23)10-8-13/h4-10,12,15H,3,11,24H2,1-2H3,(H3,25,26,27,28)/t15-/m0/s1. The van der Waals surface area contributed by atoms with E-state index < -0.39 is 9.84 Å². The van der Waals surface area contributed by atoms with Crippen LogP contribution in [0.1, 0.15) is 30.8 Å². The number of halogens is 1. The number of nitrogens with zero attached hydrogens (tertiary/aromatic N) is 4. The number of para-hydroxylation sites is 1. The molecular weight excluding hydrogens is 445 g/mol. The summed E-state index contributed by atoms with van der Waals surface area (Å²) in [5.41, 5.74) is 13.9. The molecule has 0 aliphatic carbocycles. The van der Waals surface area contributed by atoms with Crippen molar-refractivity contribution in [2.24, 2.45) is 0 Å². The molecule has 0 radical (unpaired) electrons. The average molecular weight is 470 g/mol. The lowest BCUT2D eigenvalue weighted by molar-refractivity contribution is 0.601. The van der Waals surface area contributed by atoms with E-state index in [0.29, 0.717) is 29.1 Å². The first-order valence-corrected chi connectivity index (χ1v) is 12.1. The van der Waals surface area contributed by atoms with Crippen molar-refractivity contribution in [1.82, 2.24) is 19.5 Å². The number of hydrogen-bond acceptors (Lipinski definition) is 8. The normalized spacial score (nSPS) is 12.7. The number of nitrogens with one attached hydrogen (secondary N) is 1. The van der Waals surface area contributed by atoms with Crippen LogP contribution < -0.4 is 16.8 Å². The van der Waals surface area contributed by atoms with Gasteiger partial charge in [-0.25, -0.2) is 27.8 Å². The lowest BCUT2D eigenvalue weighted by atomic mass is 10.1. The van der Waals surface area contributed by atoms with E-state index in [2.05, 4.69) is 15.3 Å². The third kappa shape index (κ3) is 4.44. The highest BCUT2D eigenvalue weighted by Crippen LogP contribution is 2.32. The van der Waals surface area contributed by atoms with Gasteiger partial charge in [0.1, 0.15) is 23.7 Å². The van der Waals surface area contributed by atoms with Gasteiger partial charge in [-0.1, -0.05) is 25.1 Å². The maximum Gasteiger partial charge on any atom is 0.177 e. The van der Waals surface area contributed by atoms with Gasteiger partial charge in [0, 0.05) is 12.8 Å². The smallest absolute Gasteiger partial charge is 0.177 e. The number of aromatic nitrogens is 4. The van der Waals surface area contributed by atoms with Gasteiger partial charge in [0.05, 0.1) is 22.0 Å². The Hall–Kier alpha value is -3.73. The maximum atomic E-state index is 13.5. The van der Waals surface area contributed by atoms with E-state index in [9.17, 15) is 12.8 Å². The van der Waals surface area contributed by atoms with Crippen LogP contribution in [-0.2, 0) is 16.4 Å². The third-order valence-corrected chi connectivity index (χ3v) is 6.49. The molecule has 0 aliphatic rings. The molecule has 2 heterocycles. The minimum Gasteiger partial charge on any atom is -0.393 e. The van der Waals surface area contributed by atoms with E-state index >= 15 is 0 Å². The quantitative estimate of drug-likeness (QED) is 0.375. The number of hydrogen-bond donors (Lipinski definition) is 3. The molecule has 2 aromatic heterocycles. The van der Waals surface area contributed by atoms with E-state index in [0.717, 1.165) is 11.8 Å². The molecular formula is C22H24FN7O2S. The molecule has 172 valence electrons. The van der Waals surface area contributed by atoms with Crippen molar-refractivity contribution in [3.05, 3.63) is 66.0 Å². The second kappa shape index (κ2) is 8.66. The number of anilines is 3. The number of sulfone groups is 1. The highest BCUT2D eigenvalue weighted by atomic mass is 32.2. The van der Waals surface area contributed by atoms with Crippen LogP contribution in [0, 0.1) is 5.82 Å². The SMILES string of the molecule is CC[C@H](Nc1ncnc(N)c1N)c1nc2cccc(S(C)(=O)=O)c2n1Cc1ccc(F)cc1. The van der Waals surface area contributed by atoms with E-state index in [1.54, 1.807) is 30.3 Å². The highest BCUT2D eigenvalue weighted by molar-refractivity contribution is 7.91. The van der Waals surface area contributed by atoms with E-state index in [1.807, 2.05) is 11.5 Å². The van der Waals surface area contributed by atoms with Crippen LogP contribution in [0.3, 0.4) is 0 Å². The van der Waals surface area contributed by atoms with Crippen molar-refractivity contribution in [1.29, 1.82) is 0 Å². The molecule has 0 fully saturated rings. The fraction of sp³-hybridized carbons (Fsp3) is 0.227. The average Bonchev–Trinajstić information content (AvgIpc) is 3.14. The summed E-state index contributed by atoms with van der Waals surface area (Å²) in [6, 6.07) is 10.7. The molecule has 2 aromatic carbocycles. The zero-order valence-corrected chi connectivity index (χ0v) is 19.0. The van der Waals surface area contributed by atoms with Gasteiger partial charge in [0.15, 0.2) is 21.5 Å². The first-order valence-electron chi connectivity index (χ1n) is 10.2. The van der Waals surface area contributed by atoms with Gasteiger partial charge in [-0.3, -0.25) is 0 Å². The minimum atomic E-state index is -3.54.